The lowest BCUT2D eigenvalue weighted by atomic mass is 9.99. The van der Waals surface area contributed by atoms with Gasteiger partial charge in [-0.2, -0.15) is 0 Å². The molecule has 1 saturated heterocycles. The van der Waals surface area contributed by atoms with Crippen LogP contribution in [0.5, 0.6) is 5.75 Å². The van der Waals surface area contributed by atoms with E-state index in [0.29, 0.717) is 24.2 Å². The number of hydrogen-bond acceptors (Lipinski definition) is 13. The number of ether oxygens (including phenoxy) is 4. The van der Waals surface area contributed by atoms with Crippen LogP contribution >= 0.6 is 0 Å². The number of carbonyl (C=O) groups excluding carboxylic acids is 3. The van der Waals surface area contributed by atoms with Crippen LogP contribution in [-0.2, 0) is 45.8 Å². The second-order valence-corrected chi connectivity index (χ2v) is 29.4. The van der Waals surface area contributed by atoms with Crippen LogP contribution in [-0.4, -0.2) is 113 Å². The van der Waals surface area contributed by atoms with Crippen LogP contribution in [0.15, 0.2) is 76.4 Å². The number of carbonyl (C=O) groups is 3. The fourth-order valence-corrected chi connectivity index (χ4v) is 9.66. The number of nitrogens with zero attached hydrogens (tertiary/aromatic N) is 2. The highest BCUT2D eigenvalue weighted by molar-refractivity contribution is 6.74. The summed E-state index contributed by atoms with van der Waals surface area (Å²) in [4.78, 5) is 68.2. The second kappa shape index (κ2) is 24.5. The smallest absolute Gasteiger partial charge is 0.408 e. The van der Waals surface area contributed by atoms with Crippen LogP contribution in [0.3, 0.4) is 0 Å². The van der Waals surface area contributed by atoms with E-state index in [4.69, 9.17) is 27.8 Å². The molecular formula is C50H79N5O12Si2. The normalized spacial score (nSPS) is 19.3. The molecule has 1 unspecified atom stereocenters. The van der Waals surface area contributed by atoms with Crippen LogP contribution in [0.4, 0.5) is 4.79 Å². The average molecular weight is 998 g/mol. The molecular weight excluding hydrogens is 919 g/mol. The third kappa shape index (κ3) is 17.0. The molecule has 1 fully saturated rings. The molecule has 0 aliphatic carbocycles. The summed E-state index contributed by atoms with van der Waals surface area (Å²) < 4.78 is 39.7. The first-order valence-electron chi connectivity index (χ1n) is 23.9. The predicted octanol–water partition coefficient (Wildman–Crippen LogP) is 5.55. The van der Waals surface area contributed by atoms with E-state index in [-0.39, 0.29) is 42.2 Å². The molecule has 69 heavy (non-hydrogen) atoms. The molecule has 2 heterocycles. The van der Waals surface area contributed by atoms with Crippen molar-refractivity contribution < 1.29 is 47.3 Å². The number of methoxy groups -OCH3 is 1. The molecule has 4 N–H and O–H groups in total. The van der Waals surface area contributed by atoms with Gasteiger partial charge in [0.05, 0.1) is 13.7 Å². The van der Waals surface area contributed by atoms with E-state index >= 15 is 0 Å². The topological polar surface area (TPSA) is 207 Å². The van der Waals surface area contributed by atoms with Crippen molar-refractivity contribution in [2.75, 3.05) is 20.2 Å². The Labute approximate surface area is 411 Å². The molecule has 1 aliphatic rings. The van der Waals surface area contributed by atoms with Crippen molar-refractivity contribution in [3.05, 3.63) is 98.8 Å². The maximum Gasteiger partial charge on any atom is 0.408 e. The van der Waals surface area contributed by atoms with E-state index in [1.807, 2.05) is 44.2 Å². The number of nitrogens with one attached hydrogen (secondary N) is 3. The molecule has 2 aromatic carbocycles. The molecule has 384 valence electrons. The fourth-order valence-electron chi connectivity index (χ4n) is 7.31. The second-order valence-electron chi connectivity index (χ2n) is 21.9. The summed E-state index contributed by atoms with van der Waals surface area (Å²) >= 11 is 0. The van der Waals surface area contributed by atoms with E-state index in [2.05, 4.69) is 70.6 Å². The minimum absolute atomic E-state index is 0.0330. The lowest BCUT2D eigenvalue weighted by molar-refractivity contribution is -0.166. The summed E-state index contributed by atoms with van der Waals surface area (Å²) in [6.45, 7) is 26.0. The van der Waals surface area contributed by atoms with Gasteiger partial charge in [-0.25, -0.2) is 9.59 Å². The minimum atomic E-state index is -2.71. The molecule has 0 saturated carbocycles. The zero-order valence-corrected chi connectivity index (χ0v) is 45.7. The van der Waals surface area contributed by atoms with E-state index in [0.717, 1.165) is 10.1 Å². The van der Waals surface area contributed by atoms with E-state index in [1.54, 1.807) is 52.1 Å². The Morgan fingerprint density at radius 2 is 1.54 bits per heavy atom. The van der Waals surface area contributed by atoms with Gasteiger partial charge in [-0.05, 0) is 92.5 Å². The highest BCUT2D eigenvalue weighted by Gasteiger charge is 2.56. The van der Waals surface area contributed by atoms with Crippen LogP contribution in [0.1, 0.15) is 106 Å². The average Bonchev–Trinajstić information content (AvgIpc) is 3.60. The van der Waals surface area contributed by atoms with Crippen LogP contribution in [0.2, 0.25) is 23.2 Å². The van der Waals surface area contributed by atoms with Crippen molar-refractivity contribution in [2.45, 2.75) is 174 Å². The summed E-state index contributed by atoms with van der Waals surface area (Å²) in [5.41, 5.74) is -0.605. The van der Waals surface area contributed by atoms with Crippen molar-refractivity contribution in [3.8, 4) is 5.75 Å². The number of benzene rings is 2. The lowest BCUT2D eigenvalue weighted by Crippen LogP contribution is -2.58. The number of amides is 2. The standard InChI is InChI=1S/C50H79N5O12Si2/c1-32(2)29-36(53-46(60)63-31-34-19-16-15-17-20-34)43(58)52-27-18-26-51-38(45(59)65-48(3,4)5)39(57)40-41(67-69(13,14)50(9,10)11)42(66-68-49(6,7)8)44(64-40)54-28-25-37(56)55(47(54)61)30-33-21-23-35(62-12)24-22-33/h15-17,19-25,28,32,36,38-42,44,51,57H,18,26-27,29-31,68H2,1-14H3,(H,52,58)(H,53,60)/t36-,38+,39-,40?,41-,42-,44-/m1/s1. The van der Waals surface area contributed by atoms with Gasteiger partial charge in [-0.1, -0.05) is 97.9 Å². The van der Waals surface area contributed by atoms with Gasteiger partial charge in [-0.3, -0.25) is 23.5 Å². The summed E-state index contributed by atoms with van der Waals surface area (Å²) in [7, 11) is -2.54. The summed E-state index contributed by atoms with van der Waals surface area (Å²) in [6.07, 6.45) is -4.60. The molecule has 4 rings (SSSR count). The van der Waals surface area contributed by atoms with E-state index in [9.17, 15) is 29.1 Å². The Balaban J connectivity index is 1.65. The Kier molecular flexibility index (Phi) is 20.2. The van der Waals surface area contributed by atoms with Crippen molar-refractivity contribution >= 4 is 36.1 Å². The monoisotopic (exact) mass is 998 g/mol. The van der Waals surface area contributed by atoms with Gasteiger partial charge in [0.2, 0.25) is 5.91 Å². The van der Waals surface area contributed by atoms with Crippen molar-refractivity contribution in [3.63, 3.8) is 0 Å². The summed E-state index contributed by atoms with van der Waals surface area (Å²) in [5.74, 6) is -0.434. The number of aliphatic hydroxyl groups excluding tert-OH is 1. The Morgan fingerprint density at radius 1 is 0.884 bits per heavy atom. The van der Waals surface area contributed by atoms with Gasteiger partial charge >= 0.3 is 17.8 Å². The molecule has 0 radical (unpaired) electrons. The molecule has 1 aromatic heterocycles. The number of aromatic nitrogens is 2. The maximum absolute atomic E-state index is 14.5. The molecule has 7 atom stereocenters. The van der Waals surface area contributed by atoms with Gasteiger partial charge in [-0.15, -0.1) is 0 Å². The zero-order valence-electron chi connectivity index (χ0n) is 43.3. The van der Waals surface area contributed by atoms with Crippen molar-refractivity contribution in [1.82, 2.24) is 25.1 Å². The van der Waals surface area contributed by atoms with E-state index < -0.39 is 95.6 Å². The highest BCUT2D eigenvalue weighted by atomic mass is 28.4. The molecule has 19 heteroatoms. The van der Waals surface area contributed by atoms with Gasteiger partial charge < -0.3 is 48.9 Å². The Hall–Kier alpha value is -4.64. The van der Waals surface area contributed by atoms with Gasteiger partial charge in [0.1, 0.15) is 54.5 Å². The molecule has 2 amide bonds. The SMILES string of the molecule is COc1ccc(Cn2c(=O)ccn([C@@H]3OC([C@H](O)[C@H](NCCCNC(=O)[C@@H](CC(C)C)NC(=O)OCc4ccccc4)C(=O)OC(C)(C)C)[C@@H](O[Si](C)(C)C(C)(C)C)[C@H]3O[SiH2]C(C)(C)C)c2=O)cc1. The Morgan fingerprint density at radius 3 is 2.12 bits per heavy atom. The van der Waals surface area contributed by atoms with Gasteiger partial charge in [0.25, 0.3) is 5.56 Å². The molecule has 3 aromatic rings. The summed E-state index contributed by atoms with van der Waals surface area (Å²) in [6, 6.07) is 15.3. The van der Waals surface area contributed by atoms with Crippen LogP contribution in [0, 0.1) is 5.92 Å². The molecule has 1 aliphatic heterocycles. The Bertz CT molecular complexity index is 2250. The number of esters is 1. The predicted molar refractivity (Wildman–Crippen MR) is 270 cm³/mol. The number of hydrogen-bond donors (Lipinski definition) is 4. The first-order valence-corrected chi connectivity index (χ1v) is 28.1. The number of alkyl carbamates (subject to hydrolysis) is 1. The van der Waals surface area contributed by atoms with Crippen LogP contribution in [0.25, 0.3) is 0 Å². The largest absolute Gasteiger partial charge is 0.497 e. The molecule has 0 spiro atoms. The van der Waals surface area contributed by atoms with Crippen molar-refractivity contribution in [1.29, 1.82) is 0 Å². The zero-order chi connectivity index (χ0) is 51.5. The molecule has 17 nitrogen and oxygen atoms in total. The lowest BCUT2D eigenvalue weighted by Gasteiger charge is -2.42. The first kappa shape index (κ1) is 56.9. The first-order chi connectivity index (χ1) is 32.1. The molecule has 0 bridgehead atoms. The van der Waals surface area contributed by atoms with Crippen LogP contribution < -0.4 is 31.9 Å². The maximum atomic E-state index is 14.5. The fraction of sp³-hybridized carbons (Fsp3) is 0.620. The van der Waals surface area contributed by atoms with Gasteiger partial charge in [0.15, 0.2) is 24.3 Å². The number of rotatable bonds is 22. The highest BCUT2D eigenvalue weighted by Crippen LogP contribution is 2.43. The number of aliphatic hydroxyl groups is 1. The van der Waals surface area contributed by atoms with Crippen molar-refractivity contribution in [2.24, 2.45) is 5.92 Å². The third-order valence-electron chi connectivity index (χ3n) is 11.9. The third-order valence-corrected chi connectivity index (χ3v) is 17.8. The summed E-state index contributed by atoms with van der Waals surface area (Å²) in [5, 5.41) is 20.8. The minimum Gasteiger partial charge on any atom is -0.497 e. The van der Waals surface area contributed by atoms with Gasteiger partial charge in [0, 0.05) is 18.8 Å². The quantitative estimate of drug-likeness (QED) is 0.0554. The van der Waals surface area contributed by atoms with E-state index in [1.165, 1.54) is 16.8 Å².